The maximum Gasteiger partial charge on any atom is 0.339 e. The molecule has 18 rings (SSSR count). The summed E-state index contributed by atoms with van der Waals surface area (Å²) in [4.78, 5) is 52.2. The van der Waals surface area contributed by atoms with Crippen molar-refractivity contribution in [1.29, 1.82) is 0 Å². The lowest BCUT2D eigenvalue weighted by Crippen LogP contribution is -2.83. The van der Waals surface area contributed by atoms with Gasteiger partial charge in [-0.05, 0) is 197 Å². The van der Waals surface area contributed by atoms with E-state index in [1.807, 2.05) is 6.07 Å². The summed E-state index contributed by atoms with van der Waals surface area (Å²) >= 11 is 0. The summed E-state index contributed by atoms with van der Waals surface area (Å²) in [6, 6.07) is 13.2. The van der Waals surface area contributed by atoms with Crippen molar-refractivity contribution in [2.75, 3.05) is 26.4 Å². The number of ether oxygens (including phenoxy) is 4. The Morgan fingerprint density at radius 3 is 2.58 bits per heavy atom. The predicted octanol–water partition coefficient (Wildman–Crippen LogP) is 9.40. The number of carbonyl (C=O) groups excluding carboxylic acids is 3. The Bertz CT molecular complexity index is 3340. The van der Waals surface area contributed by atoms with Crippen LogP contribution in [0.4, 0.5) is 0 Å². The highest BCUT2D eigenvalue weighted by Gasteiger charge is 3.00. The Kier molecular flexibility index (Phi) is 11.4. The van der Waals surface area contributed by atoms with Crippen LogP contribution >= 0.6 is 0 Å². The van der Waals surface area contributed by atoms with Crippen LogP contribution in [0.25, 0.3) is 0 Å². The normalized spacial score (nSPS) is 51.0. The molecule has 1 aromatic carbocycles. The number of nitrogens with one attached hydrogen (secondary N) is 1. The Labute approximate surface area is 506 Å². The summed E-state index contributed by atoms with van der Waals surface area (Å²) in [6.07, 6.45) is 20.9. The second-order valence-electron chi connectivity index (χ2n) is 32.5. The third kappa shape index (κ3) is 6.14. The van der Waals surface area contributed by atoms with E-state index in [-0.39, 0.29) is 77.5 Å². The first kappa shape index (κ1) is 54.6. The molecule has 13 nitrogen and oxygen atoms in total. The number of benzene rings is 1. The summed E-state index contributed by atoms with van der Waals surface area (Å²) in [6.45, 7) is 10.4. The maximum atomic E-state index is 17.5. The minimum Gasteiger partial charge on any atom is -0.469 e. The van der Waals surface area contributed by atoms with E-state index in [0.717, 1.165) is 110 Å². The Balaban J connectivity index is 0.875. The molecular weight excluding hydrogens is 1080 g/mol. The molecule has 9 bridgehead atoms. The van der Waals surface area contributed by atoms with Crippen LogP contribution in [0.3, 0.4) is 0 Å². The van der Waals surface area contributed by atoms with E-state index in [4.69, 9.17) is 23.4 Å². The van der Waals surface area contributed by atoms with Gasteiger partial charge in [0, 0.05) is 47.2 Å². The van der Waals surface area contributed by atoms with Gasteiger partial charge >= 0.3 is 11.9 Å². The number of allylic oxidation sites excluding steroid dienone is 1. The van der Waals surface area contributed by atoms with Crippen LogP contribution in [0.1, 0.15) is 154 Å². The minimum atomic E-state index is -1.57. The molecule has 8 saturated carbocycles. The molecule has 6 spiro atoms. The second kappa shape index (κ2) is 18.0. The Morgan fingerprint density at radius 2 is 1.77 bits per heavy atom. The second-order valence-corrected chi connectivity index (χ2v) is 32.5. The molecule has 86 heavy (non-hydrogen) atoms. The number of fused-ring (bicyclic) bond motifs is 6. The molecule has 16 aliphatic rings. The number of rotatable bonds is 10. The predicted molar refractivity (Wildman–Crippen MR) is 315 cm³/mol. The van der Waals surface area contributed by atoms with Gasteiger partial charge in [-0.2, -0.15) is 0 Å². The lowest BCUT2D eigenvalue weighted by Gasteiger charge is -2.74. The van der Waals surface area contributed by atoms with Crippen LogP contribution in [-0.4, -0.2) is 106 Å². The molecule has 5 saturated heterocycles. The number of furan rings is 1. The van der Waals surface area contributed by atoms with E-state index in [1.54, 1.807) is 6.26 Å². The number of hydrogen-bond donors (Lipinski definition) is 4. The Morgan fingerprint density at radius 1 is 0.930 bits per heavy atom. The number of ketones is 1. The maximum absolute atomic E-state index is 17.5. The number of Topliss-reactive ketones (excluding diaryl/α,β-unsaturated/α-hetero) is 1. The molecule has 9 aliphatic carbocycles. The van der Waals surface area contributed by atoms with Crippen LogP contribution in [0.2, 0.25) is 0 Å². The lowest BCUT2D eigenvalue weighted by atomic mass is 9.28. The van der Waals surface area contributed by atoms with Crippen molar-refractivity contribution in [2.45, 2.75) is 196 Å². The van der Waals surface area contributed by atoms with Gasteiger partial charge in [0.05, 0.1) is 54.9 Å². The van der Waals surface area contributed by atoms with Gasteiger partial charge in [0.2, 0.25) is 0 Å². The average molecular weight is 1170 g/mol. The van der Waals surface area contributed by atoms with Gasteiger partial charge in [-0.25, -0.2) is 4.79 Å². The van der Waals surface area contributed by atoms with E-state index >= 15 is 14.4 Å². The first-order valence-electron chi connectivity index (χ1n) is 34.3. The summed E-state index contributed by atoms with van der Waals surface area (Å²) in [5.41, 5.74) is -6.36. The van der Waals surface area contributed by atoms with Gasteiger partial charge < -0.3 is 43.6 Å². The van der Waals surface area contributed by atoms with Crippen LogP contribution < -0.4 is 5.32 Å². The largest absolute Gasteiger partial charge is 0.469 e. The fourth-order valence-corrected chi connectivity index (χ4v) is 27.3. The monoisotopic (exact) mass is 1170 g/mol. The number of esters is 2. The topological polar surface area (TPSA) is 181 Å². The first-order chi connectivity index (χ1) is 41.5. The molecule has 13 heteroatoms. The van der Waals surface area contributed by atoms with Gasteiger partial charge in [-0.3, -0.25) is 14.9 Å². The van der Waals surface area contributed by atoms with E-state index in [1.165, 1.54) is 11.1 Å². The number of aliphatic hydroxyl groups is 3. The summed E-state index contributed by atoms with van der Waals surface area (Å²) in [5, 5.41) is 41.7. The average Bonchev–Trinajstić information content (AvgIpc) is 1.40. The van der Waals surface area contributed by atoms with Crippen molar-refractivity contribution in [1.82, 2.24) is 10.2 Å². The molecule has 4 N–H and O–H groups in total. The zero-order valence-electron chi connectivity index (χ0n) is 51.0. The van der Waals surface area contributed by atoms with Crippen LogP contribution in [-0.2, 0) is 51.8 Å². The quantitative estimate of drug-likeness (QED) is 0.0766. The van der Waals surface area contributed by atoms with E-state index in [2.05, 4.69) is 98.4 Å². The van der Waals surface area contributed by atoms with Crippen LogP contribution in [0, 0.1) is 122 Å². The van der Waals surface area contributed by atoms with E-state index < -0.39 is 98.6 Å². The van der Waals surface area contributed by atoms with Gasteiger partial charge in [0.15, 0.2) is 17.5 Å². The Hall–Kier alpha value is -4.29. The smallest absolute Gasteiger partial charge is 0.339 e. The third-order valence-electron chi connectivity index (χ3n) is 29.6. The van der Waals surface area contributed by atoms with Gasteiger partial charge in [-0.15, -0.1) is 0 Å². The zero-order valence-corrected chi connectivity index (χ0v) is 51.0. The summed E-state index contributed by atoms with van der Waals surface area (Å²) in [7, 11) is 0. The highest BCUT2D eigenvalue weighted by molar-refractivity contribution is 5.94. The van der Waals surface area contributed by atoms with Crippen LogP contribution in [0.5, 0.6) is 0 Å². The number of carbonyl (C=O) groups is 3. The molecule has 0 amide bonds. The third-order valence-corrected chi connectivity index (χ3v) is 29.6. The molecule has 8 heterocycles. The molecule has 25 unspecified atom stereocenters. The standard InChI is InChI=1S/C73H90N2O11/c1-40(2)27-48-32-49-31-47-18-24-67(21-8-9-22-67)68(47)35-46-34-65(3)70(52-20-26-82-56(52)33-51(55(77)37-76)44-16-17-50-45(30-44)19-25-75-39-74-36-54(50)75)23-10-13-43-15-14-42(28-41-11-6-5-7-12-41)29-53(43)71(73(65)62(84-73)64(81)85-70)58(46)69-38-83-63(80)60(68)72(49,69)86-66(48,4)59(69)57(78)61(71)79/h5-7,11-12,19-20,25-26,32,40,42-48,50-51,53-55,58-62,74,76-77,79H,8-9,14-18,21-24,27-31,33-39H2,1-4H3. The van der Waals surface area contributed by atoms with Crippen molar-refractivity contribution in [2.24, 2.45) is 110 Å². The van der Waals surface area contributed by atoms with E-state index in [9.17, 15) is 15.3 Å². The van der Waals surface area contributed by atoms with Crippen molar-refractivity contribution in [3.63, 3.8) is 0 Å². The number of cyclic esters (lactones) is 1. The van der Waals surface area contributed by atoms with Crippen molar-refractivity contribution in [3.8, 4) is 11.8 Å². The molecular formula is C73H90N2O11. The number of epoxide rings is 1. The summed E-state index contributed by atoms with van der Waals surface area (Å²) < 4.78 is 37.6. The summed E-state index contributed by atoms with van der Waals surface area (Å²) in [5.74, 6) is 5.81. The zero-order chi connectivity index (χ0) is 58.5. The number of hydrogen-bond acceptors (Lipinski definition) is 13. The molecule has 1 aromatic heterocycles. The minimum absolute atomic E-state index is 0.0157. The van der Waals surface area contributed by atoms with Crippen LogP contribution in [0.15, 0.2) is 71.0 Å². The fourth-order valence-electron chi connectivity index (χ4n) is 27.3. The SMILES string of the molecule is CC(C)CC1C=C2CC3CCC4(CCCC4)C34CC3CC5(C)C6(c7ccoc7CC(C(O)CO)C7CCC8C(C=CN9CNCC89)C7)CC#CC7CCC(Cc8ccccc8)CC7C7(C(O)C(=O)C8C1(C)OC21C4C(=O)OCC81C37)C51OC1C(=O)O6. The number of aliphatic hydroxyl groups excluding tert-OH is 3. The highest BCUT2D eigenvalue weighted by atomic mass is 16.7. The highest BCUT2D eigenvalue weighted by Crippen LogP contribution is 2.92. The van der Waals surface area contributed by atoms with E-state index in [0.29, 0.717) is 48.5 Å². The molecule has 7 aliphatic heterocycles. The van der Waals surface area contributed by atoms with Crippen molar-refractivity contribution >= 4 is 17.7 Å². The molecule has 25 atom stereocenters. The van der Waals surface area contributed by atoms with Gasteiger partial charge in [0.1, 0.15) is 29.7 Å². The molecule has 13 fully saturated rings. The van der Waals surface area contributed by atoms with Gasteiger partial charge in [-0.1, -0.05) is 87.9 Å². The fraction of sp³-hybridized carbons (Fsp3) is 0.740. The van der Waals surface area contributed by atoms with Crippen molar-refractivity contribution in [3.05, 3.63) is 83.5 Å². The first-order valence-corrected chi connectivity index (χ1v) is 34.3. The van der Waals surface area contributed by atoms with Gasteiger partial charge in [0.25, 0.3) is 0 Å². The molecule has 458 valence electrons. The lowest BCUT2D eigenvalue weighted by molar-refractivity contribution is -0.315. The van der Waals surface area contributed by atoms with Crippen molar-refractivity contribution < 1.29 is 53.1 Å². The number of nitrogens with zero attached hydrogens (tertiary/aromatic N) is 1. The molecule has 2 aromatic rings. The molecule has 0 radical (unpaired) electrons.